The smallest absolute Gasteiger partial charge is 0.251 e. The summed E-state index contributed by atoms with van der Waals surface area (Å²) in [6, 6.07) is 12.9. The van der Waals surface area contributed by atoms with Gasteiger partial charge in [-0.15, -0.1) is 0 Å². The summed E-state index contributed by atoms with van der Waals surface area (Å²) in [4.78, 5) is 21.4. The molecule has 0 unspecified atom stereocenters. The number of rotatable bonds is 5. The summed E-state index contributed by atoms with van der Waals surface area (Å²) in [6.07, 6.45) is 4.21. The van der Waals surface area contributed by atoms with E-state index in [0.717, 1.165) is 25.0 Å². The van der Waals surface area contributed by atoms with Crippen LogP contribution in [0.1, 0.15) is 36.3 Å². The second kappa shape index (κ2) is 6.39. The second-order valence-corrected chi connectivity index (χ2v) is 7.63. The Kier molecular flexibility index (Phi) is 4.21. The largest absolute Gasteiger partial charge is 0.396 e. The van der Waals surface area contributed by atoms with Gasteiger partial charge in [0.1, 0.15) is 5.82 Å². The van der Waals surface area contributed by atoms with Crippen molar-refractivity contribution in [2.45, 2.75) is 51.2 Å². The molecule has 25 heavy (non-hydrogen) atoms. The summed E-state index contributed by atoms with van der Waals surface area (Å²) in [5.41, 5.74) is 1.94. The first kappa shape index (κ1) is 16.5. The molecule has 5 nitrogen and oxygen atoms in total. The summed E-state index contributed by atoms with van der Waals surface area (Å²) in [7, 11) is 0. The van der Waals surface area contributed by atoms with E-state index in [1.807, 2.05) is 13.0 Å². The standard InChI is InChI=1S/C20H25N3O2/c1-14-21-16(9-19(25)22-14)12-23-17-7-8-18(23)20(11-17,13-24)10-15-5-3-2-4-6-15/h2-6,9,17-18,24H,7-8,10-13H2,1H3,(H,21,22,25)/t17-,18+,20-/m1/s1. The summed E-state index contributed by atoms with van der Waals surface area (Å²) in [5.74, 6) is 0.659. The fourth-order valence-electron chi connectivity index (χ4n) is 4.99. The first-order valence-electron chi connectivity index (χ1n) is 9.07. The molecule has 132 valence electrons. The minimum atomic E-state index is -0.0910. The molecule has 2 aliphatic rings. The van der Waals surface area contributed by atoms with Crippen LogP contribution < -0.4 is 5.56 Å². The lowest BCUT2D eigenvalue weighted by Crippen LogP contribution is -2.41. The predicted octanol–water partition coefficient (Wildman–Crippen LogP) is 2.04. The van der Waals surface area contributed by atoms with Gasteiger partial charge in [0.2, 0.25) is 0 Å². The van der Waals surface area contributed by atoms with Crippen LogP contribution >= 0.6 is 0 Å². The molecular weight excluding hydrogens is 314 g/mol. The Morgan fingerprint density at radius 2 is 2.12 bits per heavy atom. The first-order valence-corrected chi connectivity index (χ1v) is 9.07. The maximum absolute atomic E-state index is 11.7. The Bertz CT molecular complexity index is 804. The maximum Gasteiger partial charge on any atom is 0.251 e. The van der Waals surface area contributed by atoms with Gasteiger partial charge in [0.25, 0.3) is 5.56 Å². The zero-order valence-corrected chi connectivity index (χ0v) is 14.6. The highest BCUT2D eigenvalue weighted by Crippen LogP contribution is 2.51. The quantitative estimate of drug-likeness (QED) is 0.875. The van der Waals surface area contributed by atoms with Crippen LogP contribution in [0, 0.1) is 12.3 Å². The summed E-state index contributed by atoms with van der Waals surface area (Å²) in [5, 5.41) is 10.3. The lowest BCUT2D eigenvalue weighted by atomic mass is 9.70. The topological polar surface area (TPSA) is 69.2 Å². The normalized spacial score (nSPS) is 28.6. The van der Waals surface area contributed by atoms with Crippen LogP contribution in [0.15, 0.2) is 41.2 Å². The molecule has 0 spiro atoms. The number of nitrogens with zero attached hydrogens (tertiary/aromatic N) is 2. The van der Waals surface area contributed by atoms with Gasteiger partial charge in [-0.1, -0.05) is 30.3 Å². The number of aromatic nitrogens is 2. The summed E-state index contributed by atoms with van der Waals surface area (Å²) < 4.78 is 0. The highest BCUT2D eigenvalue weighted by molar-refractivity contribution is 5.21. The molecule has 1 aromatic heterocycles. The lowest BCUT2D eigenvalue weighted by Gasteiger charge is -2.36. The third-order valence-corrected chi connectivity index (χ3v) is 5.96. The number of aromatic amines is 1. The molecule has 3 heterocycles. The van der Waals surface area contributed by atoms with E-state index in [2.05, 4.69) is 39.1 Å². The molecule has 3 atom stereocenters. The van der Waals surface area contributed by atoms with Gasteiger partial charge in [-0.25, -0.2) is 4.98 Å². The monoisotopic (exact) mass is 339 g/mol. The van der Waals surface area contributed by atoms with Gasteiger partial charge < -0.3 is 10.1 Å². The average molecular weight is 339 g/mol. The van der Waals surface area contributed by atoms with Gasteiger partial charge in [0, 0.05) is 30.1 Å². The summed E-state index contributed by atoms with van der Waals surface area (Å²) in [6.45, 7) is 2.72. The Morgan fingerprint density at radius 1 is 1.32 bits per heavy atom. The van der Waals surface area contributed by atoms with Gasteiger partial charge in [0.15, 0.2) is 0 Å². The number of aliphatic hydroxyl groups excluding tert-OH is 1. The number of hydrogen-bond donors (Lipinski definition) is 2. The molecule has 2 saturated heterocycles. The van der Waals surface area contributed by atoms with Crippen LogP contribution in [0.4, 0.5) is 0 Å². The number of H-pyrrole nitrogens is 1. The molecule has 0 saturated carbocycles. The molecule has 4 rings (SSSR count). The Hall–Kier alpha value is -1.98. The Balaban J connectivity index is 1.58. The van der Waals surface area contributed by atoms with Crippen LogP contribution in [0.3, 0.4) is 0 Å². The third-order valence-electron chi connectivity index (χ3n) is 5.96. The molecule has 2 fully saturated rings. The maximum atomic E-state index is 11.7. The molecule has 2 bridgehead atoms. The number of aliphatic hydroxyl groups is 1. The molecule has 0 aliphatic carbocycles. The molecule has 2 aromatic rings. The highest BCUT2D eigenvalue weighted by Gasteiger charge is 2.55. The van der Waals surface area contributed by atoms with Gasteiger partial charge >= 0.3 is 0 Å². The van der Waals surface area contributed by atoms with E-state index >= 15 is 0 Å². The van der Waals surface area contributed by atoms with Crippen molar-refractivity contribution in [3.05, 3.63) is 63.8 Å². The van der Waals surface area contributed by atoms with E-state index in [1.165, 1.54) is 12.0 Å². The second-order valence-electron chi connectivity index (χ2n) is 7.63. The summed E-state index contributed by atoms with van der Waals surface area (Å²) >= 11 is 0. The molecule has 0 radical (unpaired) electrons. The Labute approximate surface area is 147 Å². The van der Waals surface area contributed by atoms with Crippen LogP contribution in [-0.4, -0.2) is 38.7 Å². The lowest BCUT2D eigenvalue weighted by molar-refractivity contribution is 0.0747. The fourth-order valence-corrected chi connectivity index (χ4v) is 4.99. The van der Waals surface area contributed by atoms with Crippen molar-refractivity contribution in [1.82, 2.24) is 14.9 Å². The zero-order valence-electron chi connectivity index (χ0n) is 14.6. The molecule has 2 N–H and O–H groups in total. The zero-order chi connectivity index (χ0) is 17.4. The van der Waals surface area contributed by atoms with Crippen molar-refractivity contribution >= 4 is 0 Å². The molecule has 0 amide bonds. The van der Waals surface area contributed by atoms with E-state index in [-0.39, 0.29) is 17.6 Å². The number of nitrogens with one attached hydrogen (secondary N) is 1. The first-order chi connectivity index (χ1) is 12.1. The van der Waals surface area contributed by atoms with Crippen LogP contribution in [0.2, 0.25) is 0 Å². The van der Waals surface area contributed by atoms with Crippen LogP contribution in [0.5, 0.6) is 0 Å². The van der Waals surface area contributed by atoms with Crippen LogP contribution in [0.25, 0.3) is 0 Å². The number of hydrogen-bond acceptors (Lipinski definition) is 4. The van der Waals surface area contributed by atoms with E-state index < -0.39 is 0 Å². The predicted molar refractivity (Wildman–Crippen MR) is 96.2 cm³/mol. The van der Waals surface area contributed by atoms with E-state index in [4.69, 9.17) is 0 Å². The van der Waals surface area contributed by atoms with Crippen molar-refractivity contribution < 1.29 is 5.11 Å². The van der Waals surface area contributed by atoms with Crippen molar-refractivity contribution in [1.29, 1.82) is 0 Å². The van der Waals surface area contributed by atoms with E-state index in [0.29, 0.717) is 24.5 Å². The SMILES string of the molecule is Cc1nc(CN2[C@@H]3CC[C@H]2[C@](CO)(Cc2ccccc2)C3)cc(=O)[nH]1. The minimum absolute atomic E-state index is 0.0828. The van der Waals surface area contributed by atoms with E-state index in [9.17, 15) is 9.90 Å². The molecular formula is C20H25N3O2. The molecule has 1 aromatic carbocycles. The number of aryl methyl sites for hydroxylation is 1. The van der Waals surface area contributed by atoms with Gasteiger partial charge in [-0.3, -0.25) is 9.69 Å². The third kappa shape index (κ3) is 3.02. The molecule has 2 aliphatic heterocycles. The van der Waals surface area contributed by atoms with E-state index in [1.54, 1.807) is 6.07 Å². The number of fused-ring (bicyclic) bond motifs is 2. The average Bonchev–Trinajstić information content (AvgIpc) is 3.10. The van der Waals surface area contributed by atoms with Gasteiger partial charge in [-0.05, 0) is 38.2 Å². The van der Waals surface area contributed by atoms with Gasteiger partial charge in [-0.2, -0.15) is 0 Å². The molecule has 5 heteroatoms. The Morgan fingerprint density at radius 3 is 2.84 bits per heavy atom. The minimum Gasteiger partial charge on any atom is -0.396 e. The van der Waals surface area contributed by atoms with Crippen LogP contribution in [-0.2, 0) is 13.0 Å². The van der Waals surface area contributed by atoms with Gasteiger partial charge in [0.05, 0.1) is 12.3 Å². The highest BCUT2D eigenvalue weighted by atomic mass is 16.3. The van der Waals surface area contributed by atoms with Crippen molar-refractivity contribution in [3.8, 4) is 0 Å². The van der Waals surface area contributed by atoms with Crippen molar-refractivity contribution in [3.63, 3.8) is 0 Å². The number of benzene rings is 1. The fraction of sp³-hybridized carbons (Fsp3) is 0.500. The van der Waals surface area contributed by atoms with Crippen molar-refractivity contribution in [2.75, 3.05) is 6.61 Å². The van der Waals surface area contributed by atoms with Crippen molar-refractivity contribution in [2.24, 2.45) is 5.41 Å².